The summed E-state index contributed by atoms with van der Waals surface area (Å²) in [6.07, 6.45) is 1.40. The van der Waals surface area contributed by atoms with Crippen molar-refractivity contribution in [3.63, 3.8) is 0 Å². The van der Waals surface area contributed by atoms with Crippen molar-refractivity contribution in [2.24, 2.45) is 5.92 Å². The minimum absolute atomic E-state index is 0.0481. The Morgan fingerprint density at radius 3 is 2.63 bits per heavy atom. The van der Waals surface area contributed by atoms with Gasteiger partial charge in [0.25, 0.3) is 0 Å². The molecule has 2 aromatic rings. The van der Waals surface area contributed by atoms with Gasteiger partial charge >= 0.3 is 0 Å². The highest BCUT2D eigenvalue weighted by molar-refractivity contribution is 6.31. The van der Waals surface area contributed by atoms with Crippen LogP contribution in [0.25, 0.3) is 0 Å². The molecule has 8 heteroatoms. The molecule has 30 heavy (non-hydrogen) atoms. The Labute approximate surface area is 179 Å². The van der Waals surface area contributed by atoms with Gasteiger partial charge in [-0.25, -0.2) is 0 Å². The molecular weight excluding hydrogens is 406 g/mol. The van der Waals surface area contributed by atoms with Crippen LogP contribution >= 0.6 is 11.6 Å². The Bertz CT molecular complexity index is 1010. The first-order valence-electron chi connectivity index (χ1n) is 9.82. The van der Waals surface area contributed by atoms with Crippen LogP contribution in [0.5, 0.6) is 5.75 Å². The van der Waals surface area contributed by atoms with E-state index in [2.05, 4.69) is 5.32 Å². The number of amides is 3. The maximum atomic E-state index is 13.0. The summed E-state index contributed by atoms with van der Waals surface area (Å²) >= 11 is 6.09. The van der Waals surface area contributed by atoms with Crippen LogP contribution in [0.3, 0.4) is 0 Å². The maximum absolute atomic E-state index is 13.0. The number of anilines is 3. The fourth-order valence-electron chi connectivity index (χ4n) is 3.94. The molecule has 1 atom stereocenters. The van der Waals surface area contributed by atoms with Gasteiger partial charge in [-0.3, -0.25) is 14.4 Å². The number of rotatable bonds is 5. The van der Waals surface area contributed by atoms with E-state index in [0.29, 0.717) is 40.8 Å². The number of benzene rings is 2. The van der Waals surface area contributed by atoms with E-state index in [1.807, 2.05) is 18.2 Å². The lowest BCUT2D eigenvalue weighted by atomic mass is 10.1. The molecule has 0 radical (unpaired) electrons. The van der Waals surface area contributed by atoms with E-state index < -0.39 is 5.92 Å². The summed E-state index contributed by atoms with van der Waals surface area (Å²) in [5.41, 5.74) is 1.81. The number of ether oxygens (including phenoxy) is 1. The van der Waals surface area contributed by atoms with Crippen molar-refractivity contribution in [1.29, 1.82) is 0 Å². The minimum atomic E-state index is -0.525. The molecule has 1 N–H and O–H groups in total. The molecule has 0 aliphatic carbocycles. The van der Waals surface area contributed by atoms with Crippen molar-refractivity contribution >= 4 is 46.4 Å². The van der Waals surface area contributed by atoms with Crippen LogP contribution in [-0.4, -0.2) is 37.9 Å². The second-order valence-electron chi connectivity index (χ2n) is 7.38. The van der Waals surface area contributed by atoms with Crippen LogP contribution in [0.15, 0.2) is 42.5 Å². The number of para-hydroxylation sites is 2. The van der Waals surface area contributed by atoms with Gasteiger partial charge in [0, 0.05) is 31.0 Å². The zero-order chi connectivity index (χ0) is 21.3. The molecule has 0 aromatic heterocycles. The molecule has 0 saturated carbocycles. The summed E-state index contributed by atoms with van der Waals surface area (Å²) in [5, 5.41) is 3.40. The topological polar surface area (TPSA) is 79.0 Å². The Morgan fingerprint density at radius 2 is 1.90 bits per heavy atom. The quantitative estimate of drug-likeness (QED) is 0.792. The normalized spacial score (nSPS) is 18.8. The van der Waals surface area contributed by atoms with Crippen LogP contribution < -0.4 is 19.9 Å². The molecule has 0 spiro atoms. The fourth-order valence-corrected chi connectivity index (χ4v) is 4.11. The predicted molar refractivity (Wildman–Crippen MR) is 115 cm³/mol. The third kappa shape index (κ3) is 3.85. The first-order valence-corrected chi connectivity index (χ1v) is 10.2. The highest BCUT2D eigenvalue weighted by Crippen LogP contribution is 2.36. The maximum Gasteiger partial charge on any atom is 0.229 e. The van der Waals surface area contributed by atoms with Crippen molar-refractivity contribution < 1.29 is 19.1 Å². The molecule has 2 aliphatic rings. The van der Waals surface area contributed by atoms with Crippen molar-refractivity contribution in [3.05, 3.63) is 47.5 Å². The number of halogens is 1. The average Bonchev–Trinajstić information content (AvgIpc) is 3.34. The summed E-state index contributed by atoms with van der Waals surface area (Å²) in [7, 11) is 1.52. The standard InChI is InChI=1S/C22H22ClN3O4/c1-30-19-9-8-15(23)12-18(19)26-13-14(11-21(26)28)22(29)24-16-5-2-3-6-17(16)25-10-4-7-20(25)27/h2-3,5-6,8-9,12,14H,4,7,10-11,13H2,1H3,(H,24,29). The lowest BCUT2D eigenvalue weighted by Gasteiger charge is -2.21. The summed E-state index contributed by atoms with van der Waals surface area (Å²) in [6, 6.07) is 12.3. The van der Waals surface area contributed by atoms with Gasteiger partial charge < -0.3 is 19.9 Å². The van der Waals surface area contributed by atoms with Gasteiger partial charge in [-0.05, 0) is 36.8 Å². The number of hydrogen-bond acceptors (Lipinski definition) is 4. The van der Waals surface area contributed by atoms with Gasteiger partial charge in [-0.15, -0.1) is 0 Å². The third-order valence-corrected chi connectivity index (χ3v) is 5.69. The van der Waals surface area contributed by atoms with Crippen LogP contribution in [-0.2, 0) is 14.4 Å². The first-order chi connectivity index (χ1) is 14.5. The van der Waals surface area contributed by atoms with E-state index in [9.17, 15) is 14.4 Å². The molecule has 2 aliphatic heterocycles. The molecule has 3 amide bonds. The zero-order valence-corrected chi connectivity index (χ0v) is 17.3. The molecule has 2 aromatic carbocycles. The predicted octanol–water partition coefficient (Wildman–Crippen LogP) is 3.47. The van der Waals surface area contributed by atoms with E-state index in [1.165, 1.54) is 12.0 Å². The van der Waals surface area contributed by atoms with Gasteiger partial charge in [-0.1, -0.05) is 23.7 Å². The van der Waals surface area contributed by atoms with Gasteiger partial charge in [0.15, 0.2) is 0 Å². The van der Waals surface area contributed by atoms with E-state index in [1.54, 1.807) is 29.2 Å². The molecule has 2 heterocycles. The van der Waals surface area contributed by atoms with Crippen LogP contribution in [0, 0.1) is 5.92 Å². The number of nitrogens with zero attached hydrogens (tertiary/aromatic N) is 2. The highest BCUT2D eigenvalue weighted by atomic mass is 35.5. The third-order valence-electron chi connectivity index (χ3n) is 5.45. The Morgan fingerprint density at radius 1 is 1.10 bits per heavy atom. The SMILES string of the molecule is COc1ccc(Cl)cc1N1CC(C(=O)Nc2ccccc2N2CCCC2=O)CC1=O. The lowest BCUT2D eigenvalue weighted by molar-refractivity contribution is -0.122. The monoisotopic (exact) mass is 427 g/mol. The number of carbonyl (C=O) groups excluding carboxylic acids is 3. The van der Waals surface area contributed by atoms with Gasteiger partial charge in [0.1, 0.15) is 5.75 Å². The molecule has 2 fully saturated rings. The second kappa shape index (κ2) is 8.36. The lowest BCUT2D eigenvalue weighted by Crippen LogP contribution is -2.29. The summed E-state index contributed by atoms with van der Waals surface area (Å²) in [6.45, 7) is 0.863. The fraction of sp³-hybridized carbons (Fsp3) is 0.318. The minimum Gasteiger partial charge on any atom is -0.495 e. The molecule has 7 nitrogen and oxygen atoms in total. The van der Waals surface area contributed by atoms with Crippen molar-refractivity contribution in [2.45, 2.75) is 19.3 Å². The van der Waals surface area contributed by atoms with Crippen LogP contribution in [0.4, 0.5) is 17.1 Å². The van der Waals surface area contributed by atoms with Crippen molar-refractivity contribution in [2.75, 3.05) is 35.3 Å². The summed E-state index contributed by atoms with van der Waals surface area (Å²) in [5.74, 6) is -0.383. The molecule has 156 valence electrons. The van der Waals surface area contributed by atoms with Gasteiger partial charge in [-0.2, -0.15) is 0 Å². The van der Waals surface area contributed by atoms with E-state index >= 15 is 0 Å². The average molecular weight is 428 g/mol. The number of methoxy groups -OCH3 is 1. The van der Waals surface area contributed by atoms with E-state index in [0.717, 1.165) is 6.42 Å². The first kappa shape index (κ1) is 20.2. The number of carbonyl (C=O) groups is 3. The molecule has 2 saturated heterocycles. The van der Waals surface area contributed by atoms with Crippen molar-refractivity contribution in [1.82, 2.24) is 0 Å². The van der Waals surface area contributed by atoms with Crippen LogP contribution in [0.2, 0.25) is 5.02 Å². The largest absolute Gasteiger partial charge is 0.495 e. The second-order valence-corrected chi connectivity index (χ2v) is 7.81. The molecule has 4 rings (SSSR count). The zero-order valence-electron chi connectivity index (χ0n) is 16.6. The Kier molecular flexibility index (Phi) is 5.63. The number of hydrogen-bond donors (Lipinski definition) is 1. The van der Waals surface area contributed by atoms with E-state index in [-0.39, 0.29) is 30.7 Å². The molecular formula is C22H22ClN3O4. The summed E-state index contributed by atoms with van der Waals surface area (Å²) in [4.78, 5) is 41.0. The van der Waals surface area contributed by atoms with E-state index in [4.69, 9.17) is 16.3 Å². The molecule has 0 bridgehead atoms. The Balaban J connectivity index is 1.52. The van der Waals surface area contributed by atoms with Crippen molar-refractivity contribution in [3.8, 4) is 5.75 Å². The van der Waals surface area contributed by atoms with Gasteiger partial charge in [0.05, 0.1) is 30.1 Å². The smallest absolute Gasteiger partial charge is 0.229 e. The molecule has 1 unspecified atom stereocenters. The van der Waals surface area contributed by atoms with Gasteiger partial charge in [0.2, 0.25) is 17.7 Å². The Hall–Kier alpha value is -3.06. The highest BCUT2D eigenvalue weighted by Gasteiger charge is 2.37. The summed E-state index contributed by atoms with van der Waals surface area (Å²) < 4.78 is 5.34. The van der Waals surface area contributed by atoms with Crippen LogP contribution in [0.1, 0.15) is 19.3 Å². The number of nitrogens with one attached hydrogen (secondary N) is 1.